The predicted octanol–water partition coefficient (Wildman–Crippen LogP) is 3.66. The van der Waals surface area contributed by atoms with Crippen molar-refractivity contribution in [2.24, 2.45) is 0 Å². The van der Waals surface area contributed by atoms with Gasteiger partial charge in [0.15, 0.2) is 11.6 Å². The Morgan fingerprint density at radius 2 is 2.03 bits per heavy atom. The van der Waals surface area contributed by atoms with Crippen LogP contribution in [0.1, 0.15) is 37.7 Å². The first kappa shape index (κ1) is 30.0. The lowest BCUT2D eigenvalue weighted by atomic mass is 10.1. The van der Waals surface area contributed by atoms with Gasteiger partial charge in [-0.15, -0.1) is 0 Å². The number of aliphatic hydroxyl groups excluding tert-OH is 1. The molecule has 1 saturated heterocycles. The van der Waals surface area contributed by atoms with Crippen molar-refractivity contribution < 1.29 is 9.84 Å². The van der Waals surface area contributed by atoms with Gasteiger partial charge in [-0.25, -0.2) is 9.97 Å². The Morgan fingerprint density at radius 3 is 2.82 bits per heavy atom. The molecule has 5 N–H and O–H groups in total. The van der Waals surface area contributed by atoms with E-state index in [1.54, 1.807) is 12.5 Å². The van der Waals surface area contributed by atoms with E-state index in [1.807, 2.05) is 18.8 Å². The summed E-state index contributed by atoms with van der Waals surface area (Å²) in [5.41, 5.74) is 2.37. The molecule has 4 rings (SSSR count). The summed E-state index contributed by atoms with van der Waals surface area (Å²) in [6, 6.07) is 10.6. The van der Waals surface area contributed by atoms with Crippen molar-refractivity contribution in [3.63, 3.8) is 0 Å². The molecule has 0 amide bonds. The van der Waals surface area contributed by atoms with Crippen molar-refractivity contribution in [3.05, 3.63) is 55.0 Å². The lowest BCUT2D eigenvalue weighted by Crippen LogP contribution is -2.35. The van der Waals surface area contributed by atoms with Crippen LogP contribution in [0, 0.1) is 0 Å². The summed E-state index contributed by atoms with van der Waals surface area (Å²) in [5, 5.41) is 21.2. The minimum atomic E-state index is 0.0949. The maximum Gasteiger partial charge on any atom is 0.161 e. The van der Waals surface area contributed by atoms with Crippen molar-refractivity contribution in [3.8, 4) is 0 Å². The van der Waals surface area contributed by atoms with Crippen LogP contribution in [-0.4, -0.2) is 78.9 Å². The molecule has 38 heavy (non-hydrogen) atoms. The molecule has 1 aromatic heterocycles. The van der Waals surface area contributed by atoms with Crippen LogP contribution < -0.4 is 26.2 Å². The number of hydrogen-bond donors (Lipinski definition) is 5. The highest BCUT2D eigenvalue weighted by atomic mass is 32.2. The standard InChI is InChI=1S/C23H34N6OS.C5H11NO/c1-24-12-6-14-31-15-19-10-11-20(30-19)29-17-28-21-22(26-16-27-23(21)29)25-13-5-9-18-7-3-2-4-8-18;1-2-6-4-3-5-7/h2-4,7-8,16,19-20,24,28H,5-6,9-15,17H2,1H3,(H,25,26,27);2,6-7H,1,3-5H2. The Hall–Kier alpha value is -2.53. The first-order valence-corrected chi connectivity index (χ1v) is 14.9. The number of rotatable bonds is 16. The van der Waals surface area contributed by atoms with E-state index in [0.717, 1.165) is 81.5 Å². The highest BCUT2D eigenvalue weighted by Gasteiger charge is 2.35. The zero-order valence-corrected chi connectivity index (χ0v) is 23.5. The predicted molar refractivity (Wildman–Crippen MR) is 160 cm³/mol. The first-order valence-electron chi connectivity index (χ1n) is 13.7. The molecular formula is C28H45N7O2S. The van der Waals surface area contributed by atoms with Crippen LogP contribution in [-0.2, 0) is 11.2 Å². The van der Waals surface area contributed by atoms with Gasteiger partial charge in [-0.2, -0.15) is 11.8 Å². The maximum absolute atomic E-state index is 8.22. The van der Waals surface area contributed by atoms with Gasteiger partial charge in [0.05, 0.1) is 12.8 Å². The zero-order valence-electron chi connectivity index (χ0n) is 22.7. The van der Waals surface area contributed by atoms with Gasteiger partial charge in [0.25, 0.3) is 0 Å². The van der Waals surface area contributed by atoms with Gasteiger partial charge in [0.1, 0.15) is 18.2 Å². The molecule has 2 atom stereocenters. The fourth-order valence-corrected chi connectivity index (χ4v) is 5.42. The van der Waals surface area contributed by atoms with Crippen LogP contribution in [0.4, 0.5) is 17.3 Å². The molecule has 0 radical (unpaired) electrons. The lowest BCUT2D eigenvalue weighted by Gasteiger charge is -2.24. The smallest absolute Gasteiger partial charge is 0.161 e. The van der Waals surface area contributed by atoms with Crippen LogP contribution >= 0.6 is 11.8 Å². The van der Waals surface area contributed by atoms with Crippen LogP contribution in [0.25, 0.3) is 0 Å². The molecule has 10 heteroatoms. The first-order chi connectivity index (χ1) is 18.8. The maximum atomic E-state index is 8.22. The number of fused-ring (bicyclic) bond motifs is 1. The Balaban J connectivity index is 0.000000505. The monoisotopic (exact) mass is 543 g/mol. The number of ether oxygens (including phenoxy) is 1. The highest BCUT2D eigenvalue weighted by Crippen LogP contribution is 2.38. The summed E-state index contributed by atoms with van der Waals surface area (Å²) >= 11 is 2.00. The van der Waals surface area contributed by atoms with Gasteiger partial charge in [-0.3, -0.25) is 0 Å². The average molecular weight is 544 g/mol. The number of nitrogens with one attached hydrogen (secondary N) is 4. The largest absolute Gasteiger partial charge is 0.396 e. The number of aromatic nitrogens is 2. The summed E-state index contributed by atoms with van der Waals surface area (Å²) < 4.78 is 6.36. The third kappa shape index (κ3) is 9.98. The van der Waals surface area contributed by atoms with E-state index < -0.39 is 0 Å². The Morgan fingerprint density at radius 1 is 1.16 bits per heavy atom. The highest BCUT2D eigenvalue weighted by molar-refractivity contribution is 7.99. The number of nitrogens with zero attached hydrogens (tertiary/aromatic N) is 3. The molecule has 2 unspecified atom stereocenters. The number of aliphatic hydroxyl groups is 1. The molecule has 0 spiro atoms. The van der Waals surface area contributed by atoms with E-state index in [-0.39, 0.29) is 12.8 Å². The van der Waals surface area contributed by atoms with Crippen LogP contribution in [0.15, 0.2) is 49.4 Å². The lowest BCUT2D eigenvalue weighted by molar-refractivity contribution is 0.0575. The van der Waals surface area contributed by atoms with Crippen LogP contribution in [0.5, 0.6) is 0 Å². The van der Waals surface area contributed by atoms with Gasteiger partial charge < -0.3 is 36.0 Å². The van der Waals surface area contributed by atoms with Gasteiger partial charge in [0, 0.05) is 25.4 Å². The molecule has 1 aromatic carbocycles. The van der Waals surface area contributed by atoms with Crippen molar-refractivity contribution >= 4 is 29.1 Å². The van der Waals surface area contributed by atoms with Gasteiger partial charge in [-0.05, 0) is 69.6 Å². The molecule has 0 saturated carbocycles. The fraction of sp³-hybridized carbons (Fsp3) is 0.571. The van der Waals surface area contributed by atoms with Crippen molar-refractivity contribution in [2.45, 2.75) is 50.9 Å². The van der Waals surface area contributed by atoms with Crippen molar-refractivity contribution in [2.75, 3.05) is 67.0 Å². The van der Waals surface area contributed by atoms with E-state index in [4.69, 9.17) is 9.84 Å². The number of anilines is 3. The second-order valence-electron chi connectivity index (χ2n) is 9.30. The van der Waals surface area contributed by atoms with Gasteiger partial charge in [0.2, 0.25) is 0 Å². The minimum Gasteiger partial charge on any atom is -0.396 e. The van der Waals surface area contributed by atoms with E-state index in [9.17, 15) is 0 Å². The summed E-state index contributed by atoms with van der Waals surface area (Å²) in [6.45, 7) is 7.20. The Labute approximate surface area is 232 Å². The minimum absolute atomic E-state index is 0.0949. The second-order valence-corrected chi connectivity index (χ2v) is 10.4. The van der Waals surface area contributed by atoms with Gasteiger partial charge >= 0.3 is 0 Å². The summed E-state index contributed by atoms with van der Waals surface area (Å²) in [6.07, 6.45) is 10.0. The molecule has 2 aromatic rings. The van der Waals surface area contributed by atoms with E-state index in [2.05, 4.69) is 73.0 Å². The number of thioether (sulfide) groups is 1. The quantitative estimate of drug-likeness (QED) is 0.201. The average Bonchev–Trinajstić information content (AvgIpc) is 3.60. The molecule has 9 nitrogen and oxygen atoms in total. The Kier molecular flexibility index (Phi) is 14.1. The number of hydrogen-bond acceptors (Lipinski definition) is 10. The van der Waals surface area contributed by atoms with E-state index in [1.165, 1.54) is 17.7 Å². The SMILES string of the molecule is C=CNCCCO.CNCCCSCC1CCC(N2CNc3c(NCCCc4ccccc4)ncnc32)O1. The van der Waals surface area contributed by atoms with E-state index >= 15 is 0 Å². The molecule has 0 bridgehead atoms. The molecule has 0 aliphatic carbocycles. The van der Waals surface area contributed by atoms with Crippen LogP contribution in [0.2, 0.25) is 0 Å². The molecule has 2 aliphatic heterocycles. The second kappa shape index (κ2) is 17.9. The summed E-state index contributed by atoms with van der Waals surface area (Å²) in [5.74, 6) is 4.10. The molecule has 210 valence electrons. The molecule has 3 heterocycles. The molecule has 1 fully saturated rings. The van der Waals surface area contributed by atoms with Crippen molar-refractivity contribution in [1.82, 2.24) is 20.6 Å². The summed E-state index contributed by atoms with van der Waals surface area (Å²) in [4.78, 5) is 11.3. The topological polar surface area (TPSA) is 107 Å². The van der Waals surface area contributed by atoms with E-state index in [0.29, 0.717) is 6.10 Å². The normalized spacial score (nSPS) is 17.8. The molecule has 2 aliphatic rings. The fourth-order valence-electron chi connectivity index (χ4n) is 4.40. The third-order valence-electron chi connectivity index (χ3n) is 6.38. The Bertz CT molecular complexity index is 921. The van der Waals surface area contributed by atoms with Crippen LogP contribution in [0.3, 0.4) is 0 Å². The summed E-state index contributed by atoms with van der Waals surface area (Å²) in [7, 11) is 2.01. The number of aryl methyl sites for hydroxylation is 1. The molecular weight excluding hydrogens is 498 g/mol. The van der Waals surface area contributed by atoms with Crippen molar-refractivity contribution in [1.29, 1.82) is 0 Å². The zero-order chi connectivity index (χ0) is 26.8. The van der Waals surface area contributed by atoms with Gasteiger partial charge in [-0.1, -0.05) is 36.9 Å². The number of benzene rings is 1. The third-order valence-corrected chi connectivity index (χ3v) is 7.56.